The fourth-order valence-corrected chi connectivity index (χ4v) is 3.02. The van der Waals surface area contributed by atoms with Gasteiger partial charge in [0.15, 0.2) is 0 Å². The molecule has 17 heavy (non-hydrogen) atoms. The topological polar surface area (TPSA) is 37.8 Å². The van der Waals surface area contributed by atoms with E-state index in [1.54, 1.807) is 11.3 Å². The lowest BCUT2D eigenvalue weighted by molar-refractivity contribution is 0.585. The van der Waals surface area contributed by atoms with Gasteiger partial charge in [0.05, 0.1) is 0 Å². The van der Waals surface area contributed by atoms with Crippen LogP contribution in [0.3, 0.4) is 0 Å². The van der Waals surface area contributed by atoms with Crippen molar-refractivity contribution >= 4 is 33.9 Å². The summed E-state index contributed by atoms with van der Waals surface area (Å²) in [6.45, 7) is 5.04. The molecule has 1 heterocycles. The molecule has 0 bridgehead atoms. The van der Waals surface area contributed by atoms with E-state index in [4.69, 9.17) is 0 Å². The molecule has 0 aliphatic heterocycles. The third-order valence-corrected chi connectivity index (χ3v) is 4.13. The molecule has 5 heteroatoms. The number of nitrogens with zero attached hydrogens (tertiary/aromatic N) is 2. The van der Waals surface area contributed by atoms with E-state index in [9.17, 15) is 0 Å². The second kappa shape index (κ2) is 5.88. The Bertz CT molecular complexity index is 496. The fourth-order valence-electron chi connectivity index (χ4n) is 1.36. The molecule has 2 aromatic rings. The van der Waals surface area contributed by atoms with Crippen molar-refractivity contribution in [2.24, 2.45) is 0 Å². The molecule has 0 atom stereocenters. The van der Waals surface area contributed by atoms with Gasteiger partial charge in [0.2, 0.25) is 0 Å². The average molecular weight is 359 g/mol. The Kier molecular flexibility index (Phi) is 4.47. The van der Waals surface area contributed by atoms with Crippen LogP contribution in [0.4, 0.5) is 0 Å². The first kappa shape index (κ1) is 12.9. The second-order valence-electron chi connectivity index (χ2n) is 4.02. The number of halogens is 1. The number of nitrogens with one attached hydrogen (secondary N) is 1. The number of rotatable bonds is 4. The summed E-state index contributed by atoms with van der Waals surface area (Å²) in [7, 11) is 0. The first-order valence-corrected chi connectivity index (χ1v) is 7.37. The smallest absolute Gasteiger partial charge is 0.148 e. The highest BCUT2D eigenvalue weighted by atomic mass is 127. The van der Waals surface area contributed by atoms with Crippen LogP contribution in [0.25, 0.3) is 10.6 Å². The first-order chi connectivity index (χ1) is 8.16. The van der Waals surface area contributed by atoms with Gasteiger partial charge in [0.25, 0.3) is 0 Å². The summed E-state index contributed by atoms with van der Waals surface area (Å²) in [6.07, 6.45) is 0. The summed E-state index contributed by atoms with van der Waals surface area (Å²) < 4.78 is 1.21. The highest BCUT2D eigenvalue weighted by Crippen LogP contribution is 2.27. The van der Waals surface area contributed by atoms with Crippen molar-refractivity contribution < 1.29 is 0 Å². The summed E-state index contributed by atoms with van der Waals surface area (Å²) >= 11 is 3.98. The third kappa shape index (κ3) is 3.46. The van der Waals surface area contributed by atoms with Crippen molar-refractivity contribution in [2.45, 2.75) is 26.4 Å². The molecule has 0 radical (unpaired) electrons. The molecule has 3 nitrogen and oxygen atoms in total. The minimum absolute atomic E-state index is 0.471. The molecular weight excluding hydrogens is 345 g/mol. The Morgan fingerprint density at radius 3 is 2.76 bits per heavy atom. The maximum absolute atomic E-state index is 4.25. The van der Waals surface area contributed by atoms with Crippen molar-refractivity contribution in [2.75, 3.05) is 0 Å². The van der Waals surface area contributed by atoms with Crippen LogP contribution in [-0.4, -0.2) is 16.2 Å². The van der Waals surface area contributed by atoms with Gasteiger partial charge in [-0.05, 0) is 28.7 Å². The van der Waals surface area contributed by atoms with E-state index >= 15 is 0 Å². The van der Waals surface area contributed by atoms with Gasteiger partial charge in [0.1, 0.15) is 10.0 Å². The molecule has 2 rings (SSSR count). The summed E-state index contributed by atoms with van der Waals surface area (Å²) in [5.74, 6) is 0. The van der Waals surface area contributed by atoms with Crippen molar-refractivity contribution in [3.8, 4) is 10.6 Å². The van der Waals surface area contributed by atoms with Crippen molar-refractivity contribution in [3.63, 3.8) is 0 Å². The number of benzene rings is 1. The van der Waals surface area contributed by atoms with Crippen LogP contribution in [0.1, 0.15) is 18.9 Å². The lowest BCUT2D eigenvalue weighted by Crippen LogP contribution is -2.21. The van der Waals surface area contributed by atoms with Crippen molar-refractivity contribution in [1.82, 2.24) is 15.5 Å². The Morgan fingerprint density at radius 2 is 2.06 bits per heavy atom. The van der Waals surface area contributed by atoms with Gasteiger partial charge >= 0.3 is 0 Å². The largest absolute Gasteiger partial charge is 0.308 e. The summed E-state index contributed by atoms with van der Waals surface area (Å²) in [6, 6.07) is 8.71. The van der Waals surface area contributed by atoms with E-state index in [1.807, 2.05) is 12.1 Å². The number of hydrogen-bond acceptors (Lipinski definition) is 4. The van der Waals surface area contributed by atoms with Gasteiger partial charge in [-0.3, -0.25) is 0 Å². The zero-order chi connectivity index (χ0) is 12.3. The molecule has 0 aliphatic carbocycles. The molecule has 0 saturated heterocycles. The maximum Gasteiger partial charge on any atom is 0.148 e. The summed E-state index contributed by atoms with van der Waals surface area (Å²) in [5.41, 5.74) is 1.17. The fraction of sp³-hybridized carbons (Fsp3) is 0.333. The van der Waals surface area contributed by atoms with E-state index in [0.29, 0.717) is 6.04 Å². The van der Waals surface area contributed by atoms with E-state index < -0.39 is 0 Å². The predicted molar refractivity (Wildman–Crippen MR) is 80.0 cm³/mol. The van der Waals surface area contributed by atoms with Crippen molar-refractivity contribution in [1.29, 1.82) is 0 Å². The lowest BCUT2D eigenvalue weighted by atomic mass is 10.2. The molecule has 1 aromatic carbocycles. The Morgan fingerprint density at radius 1 is 1.29 bits per heavy atom. The zero-order valence-corrected chi connectivity index (χ0v) is 12.7. The number of hydrogen-bond donors (Lipinski definition) is 1. The van der Waals surface area contributed by atoms with Gasteiger partial charge in [-0.1, -0.05) is 43.4 Å². The standard InChI is InChI=1S/C12H14IN3S/c1-8(2)14-7-11-15-16-12(17-11)9-5-3-4-6-10(9)13/h3-6,8,14H,7H2,1-2H3. The van der Waals surface area contributed by atoms with Crippen LogP contribution in [-0.2, 0) is 6.54 Å². The highest BCUT2D eigenvalue weighted by Gasteiger charge is 2.09. The predicted octanol–water partition coefficient (Wildman–Crippen LogP) is 3.31. The van der Waals surface area contributed by atoms with E-state index in [1.165, 1.54) is 9.13 Å². The van der Waals surface area contributed by atoms with Crippen LogP contribution in [0.5, 0.6) is 0 Å². The van der Waals surface area contributed by atoms with Crippen molar-refractivity contribution in [3.05, 3.63) is 32.8 Å². The molecule has 1 aromatic heterocycles. The van der Waals surface area contributed by atoms with Crippen LogP contribution < -0.4 is 5.32 Å². The van der Waals surface area contributed by atoms with Gasteiger partial charge < -0.3 is 5.32 Å². The minimum Gasteiger partial charge on any atom is -0.308 e. The first-order valence-electron chi connectivity index (χ1n) is 5.47. The van der Waals surface area contributed by atoms with E-state index in [0.717, 1.165) is 16.6 Å². The molecule has 0 unspecified atom stereocenters. The molecule has 0 aliphatic rings. The highest BCUT2D eigenvalue weighted by molar-refractivity contribution is 14.1. The lowest BCUT2D eigenvalue weighted by Gasteiger charge is -2.03. The van der Waals surface area contributed by atoms with E-state index in [2.05, 4.69) is 64.1 Å². The molecular formula is C12H14IN3S. The van der Waals surface area contributed by atoms with Gasteiger partial charge in [0, 0.05) is 21.7 Å². The maximum atomic E-state index is 4.25. The van der Waals surface area contributed by atoms with Crippen LogP contribution in [0.2, 0.25) is 0 Å². The second-order valence-corrected chi connectivity index (χ2v) is 6.24. The quantitative estimate of drug-likeness (QED) is 0.852. The van der Waals surface area contributed by atoms with Gasteiger partial charge in [-0.15, -0.1) is 10.2 Å². The Balaban J connectivity index is 2.16. The monoisotopic (exact) mass is 359 g/mol. The Labute approximate surface area is 119 Å². The van der Waals surface area contributed by atoms with Gasteiger partial charge in [-0.2, -0.15) is 0 Å². The van der Waals surface area contributed by atoms with Gasteiger partial charge in [-0.25, -0.2) is 0 Å². The molecule has 0 fully saturated rings. The van der Waals surface area contributed by atoms with Crippen LogP contribution in [0, 0.1) is 3.57 Å². The molecule has 0 saturated carbocycles. The summed E-state index contributed by atoms with van der Waals surface area (Å²) in [4.78, 5) is 0. The molecule has 0 amide bonds. The summed E-state index contributed by atoms with van der Waals surface area (Å²) in [5, 5.41) is 13.8. The normalized spacial score (nSPS) is 11.1. The SMILES string of the molecule is CC(C)NCc1nnc(-c2ccccc2I)s1. The third-order valence-electron chi connectivity index (χ3n) is 2.23. The Hall–Kier alpha value is -0.530. The van der Waals surface area contributed by atoms with Crippen LogP contribution >= 0.6 is 33.9 Å². The molecule has 0 spiro atoms. The zero-order valence-electron chi connectivity index (χ0n) is 9.77. The van der Waals surface area contributed by atoms with E-state index in [-0.39, 0.29) is 0 Å². The molecule has 90 valence electrons. The number of aromatic nitrogens is 2. The average Bonchev–Trinajstić information content (AvgIpc) is 2.75. The molecule has 1 N–H and O–H groups in total. The van der Waals surface area contributed by atoms with Crippen LogP contribution in [0.15, 0.2) is 24.3 Å². The minimum atomic E-state index is 0.471.